The Bertz CT molecular complexity index is 492. The number of urea groups is 1. The minimum atomic E-state index is -0.556. The molecular weight excluding hydrogens is 304 g/mol. The van der Waals surface area contributed by atoms with Gasteiger partial charge in [-0.1, -0.05) is 18.2 Å². The molecule has 2 atom stereocenters. The second-order valence-electron chi connectivity index (χ2n) is 5.28. The molecule has 2 unspecified atom stereocenters. The van der Waals surface area contributed by atoms with E-state index >= 15 is 0 Å². The average Bonchev–Trinajstić information content (AvgIpc) is 3.00. The third kappa shape index (κ3) is 4.89. The summed E-state index contributed by atoms with van der Waals surface area (Å²) in [5.74, 6) is -0.0769. The highest BCUT2D eigenvalue weighted by atomic mass is 35.5. The van der Waals surface area contributed by atoms with Gasteiger partial charge < -0.3 is 20.9 Å². The first-order valence-corrected chi connectivity index (χ1v) is 7.18. The lowest BCUT2D eigenvalue weighted by molar-refractivity contribution is -0.133. The lowest BCUT2D eigenvalue weighted by Crippen LogP contribution is -2.50. The van der Waals surface area contributed by atoms with Crippen molar-refractivity contribution in [1.82, 2.24) is 15.5 Å². The molecule has 2 rings (SSSR count). The maximum Gasteiger partial charge on any atom is 0.319 e. The van der Waals surface area contributed by atoms with E-state index in [0.29, 0.717) is 5.69 Å². The highest BCUT2D eigenvalue weighted by Crippen LogP contribution is 2.08. The summed E-state index contributed by atoms with van der Waals surface area (Å²) in [7, 11) is 1.79. The zero-order valence-corrected chi connectivity index (χ0v) is 13.7. The van der Waals surface area contributed by atoms with Gasteiger partial charge in [0.05, 0.1) is 0 Å². The minimum absolute atomic E-state index is 0. The number of carbonyl (C=O) groups excluding carboxylic acids is 2. The number of amides is 3. The molecule has 3 N–H and O–H groups in total. The third-order valence-electron chi connectivity index (χ3n) is 3.68. The molecule has 1 fully saturated rings. The standard InChI is InChI=1S/C15H22N4O2.ClH/c1-11(14(20)19(2)13-8-9-16-10-13)17-15(21)18-12-6-4-3-5-7-12;/h3-7,11,13,16H,8-10H2,1-2H3,(H2,17,18,21);1H. The molecular formula is C15H23ClN4O2. The predicted octanol–water partition coefficient (Wildman–Crippen LogP) is 1.44. The van der Waals surface area contributed by atoms with Gasteiger partial charge in [0.25, 0.3) is 0 Å². The van der Waals surface area contributed by atoms with Crippen molar-refractivity contribution in [2.24, 2.45) is 0 Å². The normalized spacial score (nSPS) is 18.0. The van der Waals surface area contributed by atoms with Crippen LogP contribution in [0.3, 0.4) is 0 Å². The Hall–Kier alpha value is -1.79. The summed E-state index contributed by atoms with van der Waals surface area (Å²) in [6, 6.07) is 8.42. The first-order chi connectivity index (χ1) is 10.1. The van der Waals surface area contributed by atoms with Crippen LogP contribution in [0.2, 0.25) is 0 Å². The molecule has 0 saturated carbocycles. The Balaban J connectivity index is 0.00000242. The molecule has 1 aromatic carbocycles. The molecule has 1 saturated heterocycles. The number of benzene rings is 1. The number of halogens is 1. The first-order valence-electron chi connectivity index (χ1n) is 7.18. The second-order valence-corrected chi connectivity index (χ2v) is 5.28. The molecule has 0 bridgehead atoms. The average molecular weight is 327 g/mol. The SMILES string of the molecule is CC(NC(=O)Nc1ccccc1)C(=O)N(C)C1CCNC1.Cl. The van der Waals surface area contributed by atoms with Crippen LogP contribution >= 0.6 is 12.4 Å². The molecule has 1 aliphatic rings. The Labute approximate surface area is 137 Å². The van der Waals surface area contributed by atoms with Crippen molar-refractivity contribution in [3.05, 3.63) is 30.3 Å². The quantitative estimate of drug-likeness (QED) is 0.784. The molecule has 0 radical (unpaired) electrons. The Morgan fingerprint density at radius 1 is 1.32 bits per heavy atom. The van der Waals surface area contributed by atoms with Crippen LogP contribution in [0.25, 0.3) is 0 Å². The molecule has 6 nitrogen and oxygen atoms in total. The van der Waals surface area contributed by atoms with Gasteiger partial charge in [-0.15, -0.1) is 12.4 Å². The van der Waals surface area contributed by atoms with Gasteiger partial charge in [0.15, 0.2) is 0 Å². The van der Waals surface area contributed by atoms with Crippen LogP contribution in [0.15, 0.2) is 30.3 Å². The summed E-state index contributed by atoms with van der Waals surface area (Å²) in [6.07, 6.45) is 0.950. The number of nitrogens with zero attached hydrogens (tertiary/aromatic N) is 1. The van der Waals surface area contributed by atoms with E-state index < -0.39 is 6.04 Å². The van der Waals surface area contributed by atoms with Gasteiger partial charge in [-0.25, -0.2) is 4.79 Å². The molecule has 1 heterocycles. The van der Waals surface area contributed by atoms with Gasteiger partial charge in [0.2, 0.25) is 5.91 Å². The van der Waals surface area contributed by atoms with Gasteiger partial charge in [0.1, 0.15) is 6.04 Å². The van der Waals surface area contributed by atoms with Crippen LogP contribution < -0.4 is 16.0 Å². The molecule has 0 aromatic heterocycles. The van der Waals surface area contributed by atoms with E-state index in [1.165, 1.54) is 0 Å². The Morgan fingerprint density at radius 2 is 2.00 bits per heavy atom. The third-order valence-corrected chi connectivity index (χ3v) is 3.68. The number of hydrogen-bond acceptors (Lipinski definition) is 3. The van der Waals surface area contributed by atoms with Crippen LogP contribution in [-0.2, 0) is 4.79 Å². The van der Waals surface area contributed by atoms with Crippen LogP contribution in [-0.4, -0.2) is 49.1 Å². The van der Waals surface area contributed by atoms with E-state index in [4.69, 9.17) is 0 Å². The fraction of sp³-hybridized carbons (Fsp3) is 0.467. The lowest BCUT2D eigenvalue weighted by Gasteiger charge is -2.27. The van der Waals surface area contributed by atoms with E-state index in [0.717, 1.165) is 19.5 Å². The van der Waals surface area contributed by atoms with Crippen molar-refractivity contribution in [3.8, 4) is 0 Å². The van der Waals surface area contributed by atoms with Gasteiger partial charge in [-0.05, 0) is 32.0 Å². The van der Waals surface area contributed by atoms with Crippen molar-refractivity contribution >= 4 is 30.0 Å². The number of likely N-dealkylation sites (N-methyl/N-ethyl adjacent to an activating group) is 1. The lowest BCUT2D eigenvalue weighted by atomic mass is 10.2. The van der Waals surface area contributed by atoms with Crippen molar-refractivity contribution in [2.45, 2.75) is 25.4 Å². The summed E-state index contributed by atoms with van der Waals surface area (Å²) < 4.78 is 0. The van der Waals surface area contributed by atoms with Crippen LogP contribution in [0.4, 0.5) is 10.5 Å². The van der Waals surface area contributed by atoms with E-state index in [1.807, 2.05) is 18.2 Å². The summed E-state index contributed by atoms with van der Waals surface area (Å²) in [5.41, 5.74) is 0.697. The second kappa shape index (κ2) is 8.60. The maximum absolute atomic E-state index is 12.3. The number of para-hydroxylation sites is 1. The van der Waals surface area contributed by atoms with Gasteiger partial charge in [0, 0.05) is 25.3 Å². The van der Waals surface area contributed by atoms with Crippen molar-refractivity contribution < 1.29 is 9.59 Å². The van der Waals surface area contributed by atoms with Crippen LogP contribution in [0, 0.1) is 0 Å². The summed E-state index contributed by atoms with van der Waals surface area (Å²) in [5, 5.41) is 8.60. The van der Waals surface area contributed by atoms with Gasteiger partial charge in [-0.3, -0.25) is 4.79 Å². The summed E-state index contributed by atoms with van der Waals surface area (Å²) in [6.45, 7) is 3.44. The number of anilines is 1. The monoisotopic (exact) mass is 326 g/mol. The number of carbonyl (C=O) groups is 2. The molecule has 1 aliphatic heterocycles. The number of rotatable bonds is 4. The van der Waals surface area contributed by atoms with Crippen molar-refractivity contribution in [3.63, 3.8) is 0 Å². The van der Waals surface area contributed by atoms with Gasteiger partial charge in [-0.2, -0.15) is 0 Å². The molecule has 7 heteroatoms. The smallest absolute Gasteiger partial charge is 0.319 e. The Kier molecular flexibility index (Phi) is 7.14. The van der Waals surface area contributed by atoms with E-state index in [2.05, 4.69) is 16.0 Å². The predicted molar refractivity (Wildman–Crippen MR) is 89.4 cm³/mol. The fourth-order valence-corrected chi connectivity index (χ4v) is 2.40. The highest BCUT2D eigenvalue weighted by Gasteiger charge is 2.27. The molecule has 0 aliphatic carbocycles. The van der Waals surface area contributed by atoms with Gasteiger partial charge >= 0.3 is 6.03 Å². The largest absolute Gasteiger partial charge is 0.340 e. The molecule has 0 spiro atoms. The summed E-state index contributed by atoms with van der Waals surface area (Å²) in [4.78, 5) is 25.9. The fourth-order valence-electron chi connectivity index (χ4n) is 2.40. The molecule has 3 amide bonds. The number of hydrogen-bond donors (Lipinski definition) is 3. The maximum atomic E-state index is 12.3. The molecule has 22 heavy (non-hydrogen) atoms. The van der Waals surface area contributed by atoms with E-state index in [9.17, 15) is 9.59 Å². The summed E-state index contributed by atoms with van der Waals surface area (Å²) >= 11 is 0. The zero-order valence-electron chi connectivity index (χ0n) is 12.8. The van der Waals surface area contributed by atoms with Crippen LogP contribution in [0.5, 0.6) is 0 Å². The molecule has 122 valence electrons. The van der Waals surface area contributed by atoms with Crippen LogP contribution in [0.1, 0.15) is 13.3 Å². The Morgan fingerprint density at radius 3 is 2.59 bits per heavy atom. The van der Waals surface area contributed by atoms with E-state index in [1.54, 1.807) is 31.0 Å². The first kappa shape index (κ1) is 18.3. The van der Waals surface area contributed by atoms with Crippen molar-refractivity contribution in [1.29, 1.82) is 0 Å². The molecule has 1 aromatic rings. The zero-order chi connectivity index (χ0) is 15.2. The topological polar surface area (TPSA) is 73.5 Å². The number of nitrogens with one attached hydrogen (secondary N) is 3. The highest BCUT2D eigenvalue weighted by molar-refractivity contribution is 5.93. The van der Waals surface area contributed by atoms with E-state index in [-0.39, 0.29) is 30.4 Å². The minimum Gasteiger partial charge on any atom is -0.340 e. The van der Waals surface area contributed by atoms with Crippen molar-refractivity contribution in [2.75, 3.05) is 25.5 Å².